The van der Waals surface area contributed by atoms with Crippen molar-refractivity contribution in [1.82, 2.24) is 0 Å². The predicted molar refractivity (Wildman–Crippen MR) is 34.8 cm³/mol. The van der Waals surface area contributed by atoms with Crippen molar-refractivity contribution in [3.05, 3.63) is 0 Å². The van der Waals surface area contributed by atoms with Gasteiger partial charge in [0.05, 0.1) is 6.61 Å². The van der Waals surface area contributed by atoms with Crippen molar-refractivity contribution in [2.45, 2.75) is 25.3 Å². The first-order chi connectivity index (χ1) is 4.27. The summed E-state index contributed by atoms with van der Waals surface area (Å²) in [7, 11) is 0. The lowest BCUT2D eigenvalue weighted by atomic mass is 9.42. The lowest BCUT2D eigenvalue weighted by Crippen LogP contribution is -2.62. The summed E-state index contributed by atoms with van der Waals surface area (Å²) in [4.78, 5) is 0. The molecule has 1 unspecified atom stereocenters. The summed E-state index contributed by atoms with van der Waals surface area (Å²) in [6.45, 7) is 0.173. The van der Waals surface area contributed by atoms with Crippen molar-refractivity contribution in [1.29, 1.82) is 0 Å². The van der Waals surface area contributed by atoms with Gasteiger partial charge in [-0.2, -0.15) is 0 Å². The van der Waals surface area contributed by atoms with Gasteiger partial charge in [-0.05, 0) is 30.6 Å². The number of aliphatic hydroxyl groups excluding tert-OH is 1. The molecule has 9 heavy (non-hydrogen) atoms. The van der Waals surface area contributed by atoms with Crippen molar-refractivity contribution in [2.75, 3.05) is 6.61 Å². The molecular formula is C7H13NO. The minimum Gasteiger partial charge on any atom is -0.395 e. The molecular weight excluding hydrogens is 114 g/mol. The lowest BCUT2D eigenvalue weighted by molar-refractivity contribution is -0.133. The fourth-order valence-corrected chi connectivity index (χ4v) is 2.19. The second kappa shape index (κ2) is 1.50. The zero-order chi connectivity index (χ0) is 6.48. The van der Waals surface area contributed by atoms with Gasteiger partial charge in [-0.25, -0.2) is 0 Å². The van der Waals surface area contributed by atoms with Crippen LogP contribution < -0.4 is 5.73 Å². The van der Waals surface area contributed by atoms with Crippen molar-refractivity contribution in [3.8, 4) is 0 Å². The Morgan fingerprint density at radius 1 is 1.56 bits per heavy atom. The molecule has 2 nitrogen and oxygen atoms in total. The molecule has 2 heteroatoms. The van der Waals surface area contributed by atoms with Crippen LogP contribution in [0.15, 0.2) is 0 Å². The van der Waals surface area contributed by atoms with Gasteiger partial charge in [-0.3, -0.25) is 0 Å². The molecule has 3 aliphatic carbocycles. The Balaban J connectivity index is 1.96. The first kappa shape index (κ1) is 5.69. The Labute approximate surface area is 55.1 Å². The van der Waals surface area contributed by atoms with E-state index in [0.717, 1.165) is 5.92 Å². The monoisotopic (exact) mass is 127 g/mol. The van der Waals surface area contributed by atoms with Gasteiger partial charge in [0.25, 0.3) is 0 Å². The maximum absolute atomic E-state index is 8.74. The zero-order valence-corrected chi connectivity index (χ0v) is 5.51. The molecule has 52 valence electrons. The highest BCUT2D eigenvalue weighted by Gasteiger charge is 2.59. The molecule has 3 aliphatic rings. The molecule has 0 radical (unpaired) electrons. The van der Waals surface area contributed by atoms with Crippen molar-refractivity contribution in [2.24, 2.45) is 17.1 Å². The molecule has 1 atom stereocenters. The van der Waals surface area contributed by atoms with E-state index in [0.29, 0.717) is 5.41 Å². The van der Waals surface area contributed by atoms with Crippen molar-refractivity contribution < 1.29 is 5.11 Å². The number of aliphatic hydroxyl groups is 1. The molecule has 3 rings (SSSR count). The van der Waals surface area contributed by atoms with Gasteiger partial charge in [0.1, 0.15) is 0 Å². The van der Waals surface area contributed by atoms with Crippen LogP contribution in [0.5, 0.6) is 0 Å². The standard InChI is InChI=1S/C7H13NO/c8-6(4-9)7-1-5(2-7)3-7/h5-6,9H,1-4,8H2. The van der Waals surface area contributed by atoms with Crippen LogP contribution in [0.2, 0.25) is 0 Å². The summed E-state index contributed by atoms with van der Waals surface area (Å²) < 4.78 is 0. The molecule has 0 heterocycles. The normalized spacial score (nSPS) is 49.3. The first-order valence-electron chi connectivity index (χ1n) is 3.63. The number of rotatable bonds is 2. The van der Waals surface area contributed by atoms with Crippen LogP contribution in [0.25, 0.3) is 0 Å². The summed E-state index contributed by atoms with van der Waals surface area (Å²) in [5.41, 5.74) is 6.10. The van der Waals surface area contributed by atoms with Crippen LogP contribution in [0.3, 0.4) is 0 Å². The number of hydrogen-bond donors (Lipinski definition) is 2. The zero-order valence-electron chi connectivity index (χ0n) is 5.51. The van der Waals surface area contributed by atoms with Gasteiger partial charge < -0.3 is 10.8 Å². The second-order valence-electron chi connectivity index (χ2n) is 3.63. The van der Waals surface area contributed by atoms with Gasteiger partial charge in [0, 0.05) is 6.04 Å². The minimum atomic E-state index is 0.0718. The quantitative estimate of drug-likeness (QED) is 0.553. The van der Waals surface area contributed by atoms with Crippen LogP contribution in [-0.4, -0.2) is 17.8 Å². The summed E-state index contributed by atoms with van der Waals surface area (Å²) in [5, 5.41) is 8.74. The van der Waals surface area contributed by atoms with E-state index >= 15 is 0 Å². The highest BCUT2D eigenvalue weighted by atomic mass is 16.3. The molecule has 2 bridgehead atoms. The summed E-state index contributed by atoms with van der Waals surface area (Å²) in [6.07, 6.45) is 3.86. The van der Waals surface area contributed by atoms with E-state index in [1.165, 1.54) is 19.3 Å². The van der Waals surface area contributed by atoms with Crippen LogP contribution in [0, 0.1) is 11.3 Å². The number of nitrogens with two attached hydrogens (primary N) is 1. The maximum atomic E-state index is 8.74. The van der Waals surface area contributed by atoms with Gasteiger partial charge in [-0.15, -0.1) is 0 Å². The van der Waals surface area contributed by atoms with E-state index in [1.807, 2.05) is 0 Å². The third kappa shape index (κ3) is 0.528. The highest BCUT2D eigenvalue weighted by Crippen LogP contribution is 2.65. The highest BCUT2D eigenvalue weighted by molar-refractivity contribution is 5.11. The SMILES string of the molecule is NC(CO)C12CC(C1)C2. The molecule has 0 amide bonds. The van der Waals surface area contributed by atoms with Crippen LogP contribution >= 0.6 is 0 Å². The molecule has 0 saturated heterocycles. The maximum Gasteiger partial charge on any atom is 0.0587 e. The Hall–Kier alpha value is -0.0800. The molecule has 3 N–H and O–H groups in total. The van der Waals surface area contributed by atoms with Gasteiger partial charge >= 0.3 is 0 Å². The Morgan fingerprint density at radius 3 is 2.22 bits per heavy atom. The first-order valence-corrected chi connectivity index (χ1v) is 3.63. The molecule has 0 aromatic carbocycles. The predicted octanol–water partition coefficient (Wildman–Crippen LogP) is 0.106. The Morgan fingerprint density at radius 2 is 2.11 bits per heavy atom. The molecule has 0 aromatic heterocycles. The minimum absolute atomic E-state index is 0.0718. The van der Waals surface area contributed by atoms with Crippen molar-refractivity contribution >= 4 is 0 Å². The molecule has 3 saturated carbocycles. The third-order valence-electron chi connectivity index (χ3n) is 3.07. The summed E-state index contributed by atoms with van der Waals surface area (Å²) >= 11 is 0. The third-order valence-corrected chi connectivity index (χ3v) is 3.07. The van der Waals surface area contributed by atoms with E-state index in [1.54, 1.807) is 0 Å². The summed E-state index contributed by atoms with van der Waals surface area (Å²) in [6, 6.07) is 0.0718. The van der Waals surface area contributed by atoms with E-state index in [9.17, 15) is 0 Å². The van der Waals surface area contributed by atoms with E-state index in [2.05, 4.69) is 0 Å². The number of hydrogen-bond acceptors (Lipinski definition) is 2. The molecule has 0 aliphatic heterocycles. The fraction of sp³-hybridized carbons (Fsp3) is 1.00. The van der Waals surface area contributed by atoms with Crippen LogP contribution in [0.1, 0.15) is 19.3 Å². The fourth-order valence-electron chi connectivity index (χ4n) is 2.19. The average Bonchev–Trinajstić information content (AvgIpc) is 1.57. The second-order valence-corrected chi connectivity index (χ2v) is 3.63. The van der Waals surface area contributed by atoms with E-state index in [4.69, 9.17) is 10.8 Å². The Kier molecular flexibility index (Phi) is 0.945. The van der Waals surface area contributed by atoms with E-state index in [-0.39, 0.29) is 12.6 Å². The molecule has 0 spiro atoms. The Bertz CT molecular complexity index is 118. The van der Waals surface area contributed by atoms with Gasteiger partial charge in [0.2, 0.25) is 0 Å². The van der Waals surface area contributed by atoms with Gasteiger partial charge in [-0.1, -0.05) is 0 Å². The largest absolute Gasteiger partial charge is 0.395 e. The average molecular weight is 127 g/mol. The van der Waals surface area contributed by atoms with Crippen LogP contribution in [0.4, 0.5) is 0 Å². The smallest absolute Gasteiger partial charge is 0.0587 e. The lowest BCUT2D eigenvalue weighted by Gasteiger charge is -2.64. The van der Waals surface area contributed by atoms with Crippen molar-refractivity contribution in [3.63, 3.8) is 0 Å². The topological polar surface area (TPSA) is 46.2 Å². The molecule has 3 fully saturated rings. The van der Waals surface area contributed by atoms with Crippen LogP contribution in [-0.2, 0) is 0 Å². The summed E-state index contributed by atoms with van der Waals surface area (Å²) in [5.74, 6) is 0.975. The van der Waals surface area contributed by atoms with Gasteiger partial charge in [0.15, 0.2) is 0 Å². The van der Waals surface area contributed by atoms with E-state index < -0.39 is 0 Å². The molecule has 0 aromatic rings.